The van der Waals surface area contributed by atoms with E-state index in [1.54, 1.807) is 42.5 Å². The predicted molar refractivity (Wildman–Crippen MR) is 94.8 cm³/mol. The molecular weight excluding hydrogens is 320 g/mol. The summed E-state index contributed by atoms with van der Waals surface area (Å²) in [5.41, 5.74) is 1.43. The van der Waals surface area contributed by atoms with Crippen molar-refractivity contribution in [1.82, 2.24) is 5.32 Å². The van der Waals surface area contributed by atoms with E-state index >= 15 is 0 Å². The molecule has 0 aliphatic carbocycles. The fourth-order valence-electron chi connectivity index (χ4n) is 2.27. The zero-order chi connectivity index (χ0) is 18.2. The highest BCUT2D eigenvalue weighted by atomic mass is 16.5. The van der Waals surface area contributed by atoms with Gasteiger partial charge in [0.25, 0.3) is 0 Å². The van der Waals surface area contributed by atoms with Crippen LogP contribution in [0.4, 0.5) is 5.69 Å². The molecule has 0 unspecified atom stereocenters. The second kappa shape index (κ2) is 8.63. The van der Waals surface area contributed by atoms with Crippen LogP contribution in [-0.4, -0.2) is 31.3 Å². The maximum Gasteiger partial charge on any atom is 0.226 e. The highest BCUT2D eigenvalue weighted by Gasteiger charge is 2.14. The Labute approximate surface area is 146 Å². The minimum atomic E-state index is -0.281. The van der Waals surface area contributed by atoms with Crippen LogP contribution in [0.15, 0.2) is 48.5 Å². The molecule has 2 N–H and O–H groups in total. The van der Waals surface area contributed by atoms with Crippen LogP contribution in [0.2, 0.25) is 0 Å². The monoisotopic (exact) mass is 340 g/mol. The summed E-state index contributed by atoms with van der Waals surface area (Å²) >= 11 is 0. The van der Waals surface area contributed by atoms with Gasteiger partial charge in [-0.3, -0.25) is 14.4 Å². The maximum absolute atomic E-state index is 12.5. The number of rotatable bonds is 7. The molecule has 2 rings (SSSR count). The Hall–Kier alpha value is -3.15. The molecule has 0 aliphatic rings. The van der Waals surface area contributed by atoms with E-state index in [9.17, 15) is 14.4 Å². The molecule has 2 aromatic carbocycles. The zero-order valence-corrected chi connectivity index (χ0v) is 14.2. The summed E-state index contributed by atoms with van der Waals surface area (Å²) in [6, 6.07) is 13.8. The average Bonchev–Trinajstić information content (AvgIpc) is 2.61. The van der Waals surface area contributed by atoms with Crippen molar-refractivity contribution in [3.8, 4) is 5.75 Å². The lowest BCUT2D eigenvalue weighted by molar-refractivity contribution is -0.119. The van der Waals surface area contributed by atoms with Gasteiger partial charge in [0.1, 0.15) is 5.75 Å². The number of anilines is 1. The van der Waals surface area contributed by atoms with Crippen LogP contribution in [0.3, 0.4) is 0 Å². The van der Waals surface area contributed by atoms with Gasteiger partial charge in [0.15, 0.2) is 5.78 Å². The molecule has 2 aromatic rings. The van der Waals surface area contributed by atoms with Crippen molar-refractivity contribution in [3.63, 3.8) is 0 Å². The average molecular weight is 340 g/mol. The van der Waals surface area contributed by atoms with E-state index in [2.05, 4.69) is 10.6 Å². The fraction of sp³-hybridized carbons (Fsp3) is 0.211. The molecule has 6 heteroatoms. The fourth-order valence-corrected chi connectivity index (χ4v) is 2.27. The first kappa shape index (κ1) is 18.2. The molecule has 0 atom stereocenters. The Morgan fingerprint density at radius 3 is 2.36 bits per heavy atom. The summed E-state index contributed by atoms with van der Waals surface area (Å²) in [6.07, 6.45) is 0.125. The number of ketones is 1. The third-order valence-corrected chi connectivity index (χ3v) is 3.50. The zero-order valence-electron chi connectivity index (χ0n) is 14.2. The highest BCUT2D eigenvalue weighted by Crippen LogP contribution is 2.26. The normalized spacial score (nSPS) is 10.0. The maximum atomic E-state index is 12.5. The summed E-state index contributed by atoms with van der Waals surface area (Å²) in [6.45, 7) is 1.63. The molecule has 0 radical (unpaired) electrons. The van der Waals surface area contributed by atoms with E-state index in [1.807, 2.05) is 6.07 Å². The molecule has 130 valence electrons. The standard InChI is InChI=1S/C19H20N2O4/c1-13(22)20-11-10-18(23)21-16-12-15(8-9-17(16)25-2)19(24)14-6-4-3-5-7-14/h3-9,12H,10-11H2,1-2H3,(H,20,22)(H,21,23). The largest absolute Gasteiger partial charge is 0.495 e. The molecule has 0 heterocycles. The van der Waals surface area contributed by atoms with Gasteiger partial charge in [-0.05, 0) is 18.2 Å². The summed E-state index contributed by atoms with van der Waals surface area (Å²) in [7, 11) is 1.49. The van der Waals surface area contributed by atoms with E-state index in [4.69, 9.17) is 4.74 Å². The topological polar surface area (TPSA) is 84.5 Å². The second-order valence-corrected chi connectivity index (χ2v) is 5.39. The third-order valence-electron chi connectivity index (χ3n) is 3.50. The molecule has 0 spiro atoms. The second-order valence-electron chi connectivity index (χ2n) is 5.39. The molecule has 0 fully saturated rings. The van der Waals surface area contributed by atoms with Gasteiger partial charge >= 0.3 is 0 Å². The van der Waals surface area contributed by atoms with Gasteiger partial charge in [-0.1, -0.05) is 30.3 Å². The molecule has 0 saturated heterocycles. The minimum absolute atomic E-state index is 0.125. The number of benzene rings is 2. The molecule has 2 amide bonds. The van der Waals surface area contributed by atoms with E-state index in [0.717, 1.165) is 0 Å². The van der Waals surface area contributed by atoms with E-state index in [-0.39, 0.29) is 30.6 Å². The number of ether oxygens (including phenoxy) is 1. The van der Waals surface area contributed by atoms with Gasteiger partial charge in [0.2, 0.25) is 11.8 Å². The summed E-state index contributed by atoms with van der Waals surface area (Å²) in [5.74, 6) is -0.160. The van der Waals surface area contributed by atoms with E-state index < -0.39 is 0 Å². The number of hydrogen-bond donors (Lipinski definition) is 2. The number of amides is 2. The van der Waals surface area contributed by atoms with Crippen LogP contribution in [0, 0.1) is 0 Å². The van der Waals surface area contributed by atoms with Gasteiger partial charge < -0.3 is 15.4 Å². The van der Waals surface area contributed by atoms with Crippen LogP contribution < -0.4 is 15.4 Å². The molecule has 6 nitrogen and oxygen atoms in total. The van der Waals surface area contributed by atoms with Crippen molar-refractivity contribution in [2.45, 2.75) is 13.3 Å². The van der Waals surface area contributed by atoms with Crippen molar-refractivity contribution in [1.29, 1.82) is 0 Å². The first-order chi connectivity index (χ1) is 12.0. The Morgan fingerprint density at radius 2 is 1.72 bits per heavy atom. The van der Waals surface area contributed by atoms with Gasteiger partial charge in [0, 0.05) is 31.0 Å². The third kappa shape index (κ3) is 5.17. The van der Waals surface area contributed by atoms with Gasteiger partial charge in [-0.2, -0.15) is 0 Å². The molecule has 0 aliphatic heterocycles. The van der Waals surface area contributed by atoms with E-state index in [0.29, 0.717) is 22.6 Å². The molecule has 0 aromatic heterocycles. The summed E-state index contributed by atoms with van der Waals surface area (Å²) < 4.78 is 5.23. The Bertz CT molecular complexity index is 772. The van der Waals surface area contributed by atoms with Crippen LogP contribution in [-0.2, 0) is 9.59 Å². The number of carbonyl (C=O) groups is 3. The smallest absolute Gasteiger partial charge is 0.226 e. The Balaban J connectivity index is 2.15. The highest BCUT2D eigenvalue weighted by molar-refractivity contribution is 6.10. The SMILES string of the molecule is COc1ccc(C(=O)c2ccccc2)cc1NC(=O)CCNC(C)=O. The van der Waals surface area contributed by atoms with Gasteiger partial charge in [0.05, 0.1) is 12.8 Å². The van der Waals surface area contributed by atoms with Crippen molar-refractivity contribution in [2.75, 3.05) is 19.0 Å². The Morgan fingerprint density at radius 1 is 1.00 bits per heavy atom. The molecule has 25 heavy (non-hydrogen) atoms. The number of carbonyl (C=O) groups excluding carboxylic acids is 3. The summed E-state index contributed by atoms with van der Waals surface area (Å²) in [4.78, 5) is 35.4. The molecule has 0 saturated carbocycles. The van der Waals surface area contributed by atoms with Gasteiger partial charge in [-0.25, -0.2) is 0 Å². The number of hydrogen-bond acceptors (Lipinski definition) is 4. The van der Waals surface area contributed by atoms with Crippen LogP contribution in [0.5, 0.6) is 5.75 Å². The van der Waals surface area contributed by atoms with Crippen LogP contribution in [0.25, 0.3) is 0 Å². The first-order valence-electron chi connectivity index (χ1n) is 7.83. The first-order valence-corrected chi connectivity index (χ1v) is 7.83. The number of nitrogens with one attached hydrogen (secondary N) is 2. The lowest BCUT2D eigenvalue weighted by atomic mass is 10.0. The van der Waals surface area contributed by atoms with E-state index in [1.165, 1.54) is 14.0 Å². The summed E-state index contributed by atoms with van der Waals surface area (Å²) in [5, 5.41) is 5.27. The number of methoxy groups -OCH3 is 1. The lowest BCUT2D eigenvalue weighted by Gasteiger charge is -2.12. The van der Waals surface area contributed by atoms with Gasteiger partial charge in [-0.15, -0.1) is 0 Å². The quantitative estimate of drug-likeness (QED) is 0.758. The van der Waals surface area contributed by atoms with Crippen LogP contribution in [0.1, 0.15) is 29.3 Å². The van der Waals surface area contributed by atoms with Crippen molar-refractivity contribution in [2.24, 2.45) is 0 Å². The van der Waals surface area contributed by atoms with Crippen molar-refractivity contribution < 1.29 is 19.1 Å². The lowest BCUT2D eigenvalue weighted by Crippen LogP contribution is -2.25. The van der Waals surface area contributed by atoms with Crippen molar-refractivity contribution >= 4 is 23.3 Å². The molecule has 0 bridgehead atoms. The molecular formula is C19H20N2O4. The minimum Gasteiger partial charge on any atom is -0.495 e. The van der Waals surface area contributed by atoms with Crippen molar-refractivity contribution in [3.05, 3.63) is 59.7 Å². The Kier molecular flexibility index (Phi) is 6.28. The predicted octanol–water partition coefficient (Wildman–Crippen LogP) is 2.39. The van der Waals surface area contributed by atoms with Crippen LogP contribution >= 0.6 is 0 Å².